The van der Waals surface area contributed by atoms with Crippen LogP contribution in [0.25, 0.3) is 10.9 Å². The van der Waals surface area contributed by atoms with Gasteiger partial charge in [-0.25, -0.2) is 0 Å². The molecule has 1 atom stereocenters. The summed E-state index contributed by atoms with van der Waals surface area (Å²) in [6, 6.07) is 14.1. The third kappa shape index (κ3) is 3.45. The lowest BCUT2D eigenvalue weighted by atomic mass is 10.1. The fourth-order valence-electron chi connectivity index (χ4n) is 3.79. The molecule has 138 valence electrons. The fraction of sp³-hybridized carbons (Fsp3) is 0.381. The molecule has 0 bridgehead atoms. The summed E-state index contributed by atoms with van der Waals surface area (Å²) < 4.78 is 1.88. The molecule has 2 aliphatic rings. The van der Waals surface area contributed by atoms with Crippen LogP contribution in [0.2, 0.25) is 0 Å². The molecule has 0 spiro atoms. The molecule has 1 aliphatic heterocycles. The van der Waals surface area contributed by atoms with Crippen LogP contribution in [0.5, 0.6) is 0 Å². The number of hydrogen-bond donors (Lipinski definition) is 1. The molecule has 3 heterocycles. The molecule has 0 saturated heterocycles. The Labute approximate surface area is 158 Å². The van der Waals surface area contributed by atoms with Gasteiger partial charge in [-0.1, -0.05) is 24.3 Å². The zero-order valence-electron chi connectivity index (χ0n) is 15.2. The molecule has 0 radical (unpaired) electrons. The number of aromatic nitrogens is 3. The predicted octanol–water partition coefficient (Wildman–Crippen LogP) is 2.51. The highest BCUT2D eigenvalue weighted by atomic mass is 16.2. The average molecular weight is 361 g/mol. The smallest absolute Gasteiger partial charge is 0.246 e. The maximum Gasteiger partial charge on any atom is 0.246 e. The van der Waals surface area contributed by atoms with Gasteiger partial charge in [-0.05, 0) is 37.0 Å². The number of benzene rings is 1. The van der Waals surface area contributed by atoms with Crippen molar-refractivity contribution in [3.05, 3.63) is 60.0 Å². The fourth-order valence-corrected chi connectivity index (χ4v) is 3.79. The molecule has 0 unspecified atom stereocenters. The maximum atomic E-state index is 12.7. The molecule has 3 aromatic rings. The summed E-state index contributed by atoms with van der Waals surface area (Å²) in [6.45, 7) is 2.95. The molecule has 1 aliphatic carbocycles. The third-order valence-electron chi connectivity index (χ3n) is 5.47. The van der Waals surface area contributed by atoms with Gasteiger partial charge >= 0.3 is 0 Å². The van der Waals surface area contributed by atoms with Crippen molar-refractivity contribution in [2.24, 2.45) is 5.92 Å². The van der Waals surface area contributed by atoms with Crippen LogP contribution in [0.3, 0.4) is 0 Å². The second kappa shape index (κ2) is 6.78. The van der Waals surface area contributed by atoms with Gasteiger partial charge in [-0.3, -0.25) is 19.4 Å². The van der Waals surface area contributed by atoms with E-state index in [0.717, 1.165) is 41.9 Å². The molecular weight excluding hydrogens is 338 g/mol. The molecule has 6 heteroatoms. The number of fused-ring (bicyclic) bond motifs is 2. The molecule has 2 aromatic heterocycles. The third-order valence-corrected chi connectivity index (χ3v) is 5.47. The van der Waals surface area contributed by atoms with Gasteiger partial charge < -0.3 is 5.32 Å². The van der Waals surface area contributed by atoms with Gasteiger partial charge in [-0.15, -0.1) is 0 Å². The highest BCUT2D eigenvalue weighted by Crippen LogP contribution is 2.28. The van der Waals surface area contributed by atoms with Crippen LogP contribution < -0.4 is 5.32 Å². The van der Waals surface area contributed by atoms with Gasteiger partial charge in [-0.2, -0.15) is 5.10 Å². The SMILES string of the molecule is O=C(NCC1CC1)[C@@H]1CN(Cc2ccc3ccccc3n2)Cc2ccnn21. The predicted molar refractivity (Wildman–Crippen MR) is 103 cm³/mol. The van der Waals surface area contributed by atoms with Crippen molar-refractivity contribution in [2.75, 3.05) is 13.1 Å². The minimum absolute atomic E-state index is 0.0722. The second-order valence-corrected chi connectivity index (χ2v) is 7.64. The maximum absolute atomic E-state index is 12.7. The molecular formula is C21H23N5O. The summed E-state index contributed by atoms with van der Waals surface area (Å²) >= 11 is 0. The van der Waals surface area contributed by atoms with Gasteiger partial charge in [0.15, 0.2) is 0 Å². The number of pyridine rings is 1. The number of rotatable bonds is 5. The summed E-state index contributed by atoms with van der Waals surface area (Å²) in [5.41, 5.74) is 3.11. The summed E-state index contributed by atoms with van der Waals surface area (Å²) in [7, 11) is 0. The van der Waals surface area contributed by atoms with Gasteiger partial charge in [0, 0.05) is 37.8 Å². The van der Waals surface area contributed by atoms with Crippen LogP contribution in [0.15, 0.2) is 48.7 Å². The molecule has 1 N–H and O–H groups in total. The standard InChI is InChI=1S/C21H23N5O/c27-21(22-11-15-5-6-15)20-14-25(13-18-9-10-23-26(18)20)12-17-8-7-16-3-1-2-4-19(16)24-17/h1-4,7-10,15,20H,5-6,11-14H2,(H,22,27)/t20-/m0/s1. The molecule has 1 fully saturated rings. The van der Waals surface area contributed by atoms with E-state index in [1.165, 1.54) is 12.8 Å². The summed E-state index contributed by atoms with van der Waals surface area (Å²) in [6.07, 6.45) is 4.25. The minimum atomic E-state index is -0.275. The number of nitrogens with zero attached hydrogens (tertiary/aromatic N) is 4. The van der Waals surface area contributed by atoms with Crippen molar-refractivity contribution in [3.8, 4) is 0 Å². The molecule has 27 heavy (non-hydrogen) atoms. The first kappa shape index (κ1) is 16.4. The highest BCUT2D eigenvalue weighted by Gasteiger charge is 2.32. The quantitative estimate of drug-likeness (QED) is 0.758. The normalized spacial score (nSPS) is 19.8. The van der Waals surface area contributed by atoms with Crippen molar-refractivity contribution in [2.45, 2.75) is 32.0 Å². The van der Waals surface area contributed by atoms with E-state index < -0.39 is 0 Å². The van der Waals surface area contributed by atoms with E-state index in [0.29, 0.717) is 12.5 Å². The molecule has 6 nitrogen and oxygen atoms in total. The minimum Gasteiger partial charge on any atom is -0.354 e. The van der Waals surface area contributed by atoms with Crippen LogP contribution in [-0.2, 0) is 17.9 Å². The largest absolute Gasteiger partial charge is 0.354 e. The number of amides is 1. The van der Waals surface area contributed by atoms with Gasteiger partial charge in [0.1, 0.15) is 6.04 Å². The Morgan fingerprint density at radius 3 is 2.93 bits per heavy atom. The number of nitrogens with one attached hydrogen (secondary N) is 1. The monoisotopic (exact) mass is 361 g/mol. The highest BCUT2D eigenvalue weighted by molar-refractivity contribution is 5.81. The lowest BCUT2D eigenvalue weighted by Crippen LogP contribution is -2.45. The van der Waals surface area contributed by atoms with Crippen LogP contribution in [0.1, 0.15) is 30.3 Å². The lowest BCUT2D eigenvalue weighted by Gasteiger charge is -2.33. The zero-order valence-corrected chi connectivity index (χ0v) is 15.2. The molecule has 5 rings (SSSR count). The second-order valence-electron chi connectivity index (χ2n) is 7.64. The Kier molecular flexibility index (Phi) is 4.13. The van der Waals surface area contributed by atoms with Crippen LogP contribution >= 0.6 is 0 Å². The first-order valence-electron chi connectivity index (χ1n) is 9.63. The van der Waals surface area contributed by atoms with Crippen molar-refractivity contribution >= 4 is 16.8 Å². The number of carbonyl (C=O) groups is 1. The van der Waals surface area contributed by atoms with Gasteiger partial charge in [0.25, 0.3) is 0 Å². The van der Waals surface area contributed by atoms with E-state index in [9.17, 15) is 4.79 Å². The Morgan fingerprint density at radius 2 is 2.04 bits per heavy atom. The van der Waals surface area contributed by atoms with Crippen molar-refractivity contribution in [1.29, 1.82) is 0 Å². The van der Waals surface area contributed by atoms with Crippen molar-refractivity contribution in [1.82, 2.24) is 25.0 Å². The number of para-hydroxylation sites is 1. The number of carbonyl (C=O) groups excluding carboxylic acids is 1. The van der Waals surface area contributed by atoms with Gasteiger partial charge in [0.2, 0.25) is 5.91 Å². The van der Waals surface area contributed by atoms with E-state index in [-0.39, 0.29) is 11.9 Å². The van der Waals surface area contributed by atoms with Crippen LogP contribution in [-0.4, -0.2) is 38.7 Å². The zero-order chi connectivity index (χ0) is 18.2. The Morgan fingerprint density at radius 1 is 1.15 bits per heavy atom. The first-order chi connectivity index (χ1) is 13.3. The van der Waals surface area contributed by atoms with Crippen LogP contribution in [0, 0.1) is 5.92 Å². The Hall–Kier alpha value is -2.73. The topological polar surface area (TPSA) is 63.1 Å². The lowest BCUT2D eigenvalue weighted by molar-refractivity contribution is -0.126. The van der Waals surface area contributed by atoms with Crippen molar-refractivity contribution in [3.63, 3.8) is 0 Å². The molecule has 1 saturated carbocycles. The van der Waals surface area contributed by atoms with Crippen molar-refractivity contribution < 1.29 is 4.79 Å². The van der Waals surface area contributed by atoms with E-state index in [1.807, 2.05) is 28.9 Å². The Balaban J connectivity index is 1.34. The van der Waals surface area contributed by atoms with Crippen LogP contribution in [0.4, 0.5) is 0 Å². The molecule has 1 amide bonds. The molecule has 1 aromatic carbocycles. The number of hydrogen-bond acceptors (Lipinski definition) is 4. The summed E-state index contributed by atoms with van der Waals surface area (Å²) in [4.78, 5) is 19.8. The average Bonchev–Trinajstić information content (AvgIpc) is 3.41. The summed E-state index contributed by atoms with van der Waals surface area (Å²) in [5, 5.41) is 8.66. The Bertz CT molecular complexity index is 977. The summed E-state index contributed by atoms with van der Waals surface area (Å²) in [5.74, 6) is 0.746. The van der Waals surface area contributed by atoms with E-state index in [1.54, 1.807) is 6.20 Å². The first-order valence-corrected chi connectivity index (χ1v) is 9.63. The van der Waals surface area contributed by atoms with E-state index in [2.05, 4.69) is 33.5 Å². The van der Waals surface area contributed by atoms with Gasteiger partial charge in [0.05, 0.1) is 16.9 Å². The van der Waals surface area contributed by atoms with E-state index in [4.69, 9.17) is 4.98 Å². The van der Waals surface area contributed by atoms with E-state index >= 15 is 0 Å².